The fourth-order valence-corrected chi connectivity index (χ4v) is 2.98. The van der Waals surface area contributed by atoms with Gasteiger partial charge in [0, 0.05) is 12.1 Å². The molecule has 0 bridgehead atoms. The summed E-state index contributed by atoms with van der Waals surface area (Å²) < 4.78 is 5.61. The number of nitrogens with one attached hydrogen (secondary N) is 1. The van der Waals surface area contributed by atoms with Gasteiger partial charge in [-0.2, -0.15) is 0 Å². The molecule has 1 aliphatic rings. The van der Waals surface area contributed by atoms with Crippen LogP contribution in [-0.4, -0.2) is 18.7 Å². The van der Waals surface area contributed by atoms with E-state index in [0.29, 0.717) is 6.04 Å². The fourth-order valence-electron chi connectivity index (χ4n) is 2.98. The SMILES string of the molecule is CCCOc1ccc(CC(C)NC2CCCC2)cc1N. The van der Waals surface area contributed by atoms with Crippen molar-refractivity contribution in [3.05, 3.63) is 23.8 Å². The minimum atomic E-state index is 0.500. The van der Waals surface area contributed by atoms with Crippen molar-refractivity contribution in [2.75, 3.05) is 12.3 Å². The van der Waals surface area contributed by atoms with Gasteiger partial charge in [0.15, 0.2) is 0 Å². The molecule has 0 amide bonds. The molecule has 1 atom stereocenters. The smallest absolute Gasteiger partial charge is 0.142 e. The first kappa shape index (κ1) is 15.2. The van der Waals surface area contributed by atoms with E-state index in [1.807, 2.05) is 6.07 Å². The number of anilines is 1. The van der Waals surface area contributed by atoms with Gasteiger partial charge in [0.1, 0.15) is 5.75 Å². The first-order valence-electron chi connectivity index (χ1n) is 7.96. The standard InChI is InChI=1S/C17H28N2O/c1-3-10-20-17-9-8-14(12-16(17)18)11-13(2)19-15-6-4-5-7-15/h8-9,12-13,15,19H,3-7,10-11,18H2,1-2H3. The van der Waals surface area contributed by atoms with Crippen molar-refractivity contribution in [2.24, 2.45) is 0 Å². The molecule has 0 spiro atoms. The Hall–Kier alpha value is -1.22. The third-order valence-corrected chi connectivity index (χ3v) is 3.95. The molecule has 3 N–H and O–H groups in total. The van der Waals surface area contributed by atoms with E-state index in [1.54, 1.807) is 0 Å². The maximum atomic E-state index is 6.06. The molecule has 0 aliphatic heterocycles. The van der Waals surface area contributed by atoms with Gasteiger partial charge in [-0.1, -0.05) is 25.8 Å². The molecule has 0 saturated heterocycles. The van der Waals surface area contributed by atoms with Crippen LogP contribution in [0.25, 0.3) is 0 Å². The Morgan fingerprint density at radius 1 is 1.35 bits per heavy atom. The molecular weight excluding hydrogens is 248 g/mol. The molecule has 1 fully saturated rings. The topological polar surface area (TPSA) is 47.3 Å². The number of ether oxygens (including phenoxy) is 1. The van der Waals surface area contributed by atoms with Crippen LogP contribution in [0.1, 0.15) is 51.5 Å². The summed E-state index contributed by atoms with van der Waals surface area (Å²) in [5, 5.41) is 3.72. The highest BCUT2D eigenvalue weighted by molar-refractivity contribution is 5.54. The Bertz CT molecular complexity index is 413. The van der Waals surface area contributed by atoms with Crippen molar-refractivity contribution in [3.63, 3.8) is 0 Å². The Labute approximate surface area is 122 Å². The molecule has 3 nitrogen and oxygen atoms in total. The van der Waals surface area contributed by atoms with E-state index in [1.165, 1.54) is 31.2 Å². The van der Waals surface area contributed by atoms with Crippen LogP contribution in [0, 0.1) is 0 Å². The van der Waals surface area contributed by atoms with Gasteiger partial charge in [-0.3, -0.25) is 0 Å². The highest BCUT2D eigenvalue weighted by Crippen LogP contribution is 2.24. The number of rotatable bonds is 7. The number of hydrogen-bond acceptors (Lipinski definition) is 3. The van der Waals surface area contributed by atoms with Crippen LogP contribution >= 0.6 is 0 Å². The summed E-state index contributed by atoms with van der Waals surface area (Å²) in [4.78, 5) is 0. The predicted octanol–water partition coefficient (Wildman–Crippen LogP) is 3.52. The summed E-state index contributed by atoms with van der Waals surface area (Å²) in [6.45, 7) is 5.08. The second-order valence-corrected chi connectivity index (χ2v) is 5.97. The number of nitrogens with two attached hydrogens (primary N) is 1. The highest BCUT2D eigenvalue weighted by Gasteiger charge is 2.17. The van der Waals surface area contributed by atoms with Gasteiger partial charge in [0.2, 0.25) is 0 Å². The first-order valence-corrected chi connectivity index (χ1v) is 7.96. The number of benzene rings is 1. The predicted molar refractivity (Wildman–Crippen MR) is 85.2 cm³/mol. The Morgan fingerprint density at radius 2 is 2.10 bits per heavy atom. The van der Waals surface area contributed by atoms with Crippen LogP contribution in [-0.2, 0) is 6.42 Å². The zero-order valence-corrected chi connectivity index (χ0v) is 12.8. The summed E-state index contributed by atoms with van der Waals surface area (Å²) in [5.41, 5.74) is 8.09. The zero-order valence-electron chi connectivity index (χ0n) is 12.8. The molecule has 112 valence electrons. The van der Waals surface area contributed by atoms with Crippen molar-refractivity contribution < 1.29 is 4.74 Å². The van der Waals surface area contributed by atoms with Gasteiger partial charge >= 0.3 is 0 Å². The lowest BCUT2D eigenvalue weighted by Gasteiger charge is -2.19. The van der Waals surface area contributed by atoms with Gasteiger partial charge in [0.25, 0.3) is 0 Å². The third-order valence-electron chi connectivity index (χ3n) is 3.95. The van der Waals surface area contributed by atoms with Crippen molar-refractivity contribution >= 4 is 5.69 Å². The normalized spacial score (nSPS) is 17.3. The van der Waals surface area contributed by atoms with Gasteiger partial charge in [0.05, 0.1) is 12.3 Å². The van der Waals surface area contributed by atoms with Crippen LogP contribution < -0.4 is 15.8 Å². The van der Waals surface area contributed by atoms with E-state index < -0.39 is 0 Å². The monoisotopic (exact) mass is 276 g/mol. The summed E-state index contributed by atoms with van der Waals surface area (Å²) in [6.07, 6.45) is 7.44. The lowest BCUT2D eigenvalue weighted by Crippen LogP contribution is -2.35. The second kappa shape index (κ2) is 7.53. The van der Waals surface area contributed by atoms with E-state index in [2.05, 4.69) is 31.3 Å². The van der Waals surface area contributed by atoms with Gasteiger partial charge in [-0.05, 0) is 50.3 Å². The largest absolute Gasteiger partial charge is 0.491 e. The maximum absolute atomic E-state index is 6.06. The molecule has 1 aliphatic carbocycles. The lowest BCUT2D eigenvalue weighted by atomic mass is 10.0. The van der Waals surface area contributed by atoms with E-state index in [0.717, 1.165) is 36.9 Å². The molecule has 3 heteroatoms. The van der Waals surface area contributed by atoms with Gasteiger partial charge < -0.3 is 15.8 Å². The van der Waals surface area contributed by atoms with Crippen LogP contribution in [0.15, 0.2) is 18.2 Å². The molecule has 1 unspecified atom stereocenters. The Kier molecular flexibility index (Phi) is 5.72. The quantitative estimate of drug-likeness (QED) is 0.749. The highest BCUT2D eigenvalue weighted by atomic mass is 16.5. The molecule has 20 heavy (non-hydrogen) atoms. The van der Waals surface area contributed by atoms with E-state index in [4.69, 9.17) is 10.5 Å². The van der Waals surface area contributed by atoms with Gasteiger partial charge in [-0.15, -0.1) is 0 Å². The molecule has 0 heterocycles. The van der Waals surface area contributed by atoms with Crippen molar-refractivity contribution in [1.29, 1.82) is 0 Å². The van der Waals surface area contributed by atoms with Gasteiger partial charge in [-0.25, -0.2) is 0 Å². The summed E-state index contributed by atoms with van der Waals surface area (Å²) in [7, 11) is 0. The van der Waals surface area contributed by atoms with E-state index in [-0.39, 0.29) is 0 Å². The number of nitrogen functional groups attached to an aromatic ring is 1. The van der Waals surface area contributed by atoms with E-state index in [9.17, 15) is 0 Å². The zero-order chi connectivity index (χ0) is 14.4. The fraction of sp³-hybridized carbons (Fsp3) is 0.647. The second-order valence-electron chi connectivity index (χ2n) is 5.97. The molecule has 1 saturated carbocycles. The molecule has 0 aromatic heterocycles. The molecule has 2 rings (SSSR count). The average Bonchev–Trinajstić information content (AvgIpc) is 2.90. The van der Waals surface area contributed by atoms with Crippen molar-refractivity contribution in [3.8, 4) is 5.75 Å². The van der Waals surface area contributed by atoms with Crippen LogP contribution in [0.4, 0.5) is 5.69 Å². The van der Waals surface area contributed by atoms with E-state index >= 15 is 0 Å². The van der Waals surface area contributed by atoms with Crippen molar-refractivity contribution in [2.45, 2.75) is 64.5 Å². The Balaban J connectivity index is 1.86. The first-order chi connectivity index (χ1) is 9.69. The molecule has 1 aromatic carbocycles. The summed E-state index contributed by atoms with van der Waals surface area (Å²) >= 11 is 0. The molecular formula is C17H28N2O. The van der Waals surface area contributed by atoms with Crippen LogP contribution in [0.3, 0.4) is 0 Å². The average molecular weight is 276 g/mol. The summed E-state index contributed by atoms with van der Waals surface area (Å²) in [5.74, 6) is 0.812. The summed E-state index contributed by atoms with van der Waals surface area (Å²) in [6, 6.07) is 7.41. The van der Waals surface area contributed by atoms with Crippen LogP contribution in [0.2, 0.25) is 0 Å². The van der Waals surface area contributed by atoms with Crippen molar-refractivity contribution in [1.82, 2.24) is 5.32 Å². The third kappa shape index (κ3) is 4.41. The number of hydrogen-bond donors (Lipinski definition) is 2. The maximum Gasteiger partial charge on any atom is 0.142 e. The van der Waals surface area contributed by atoms with Crippen LogP contribution in [0.5, 0.6) is 5.75 Å². The lowest BCUT2D eigenvalue weighted by molar-refractivity contribution is 0.319. The molecule has 0 radical (unpaired) electrons. The Morgan fingerprint density at radius 3 is 2.75 bits per heavy atom. The minimum absolute atomic E-state index is 0.500. The molecule has 1 aromatic rings. The minimum Gasteiger partial charge on any atom is -0.491 e.